The molecule has 2 N–H and O–H groups in total. The van der Waals surface area contributed by atoms with Crippen LogP contribution in [-0.2, 0) is 11.3 Å². The number of benzene rings is 1. The van der Waals surface area contributed by atoms with Gasteiger partial charge < -0.3 is 24.8 Å². The number of fused-ring (bicyclic) bond motifs is 1. The molecule has 0 saturated carbocycles. The van der Waals surface area contributed by atoms with E-state index in [0.717, 1.165) is 53.7 Å². The molecule has 1 aromatic carbocycles. The molecule has 0 amide bonds. The third-order valence-electron chi connectivity index (χ3n) is 3.38. The number of halogens is 1. The summed E-state index contributed by atoms with van der Waals surface area (Å²) in [5, 5.41) is 6.58. The number of rotatable bonds is 8. The maximum absolute atomic E-state index is 5.56. The molecule has 0 radical (unpaired) electrons. The van der Waals surface area contributed by atoms with Crippen LogP contribution in [0.1, 0.15) is 25.8 Å². The van der Waals surface area contributed by atoms with E-state index in [1.807, 2.05) is 12.1 Å². The maximum Gasteiger partial charge on any atom is 0.231 e. The van der Waals surface area contributed by atoms with Crippen LogP contribution in [0, 0.1) is 5.92 Å². The summed E-state index contributed by atoms with van der Waals surface area (Å²) in [5.41, 5.74) is 1.09. The van der Waals surface area contributed by atoms with Gasteiger partial charge in [0.05, 0.1) is 4.47 Å². The molecule has 0 aromatic heterocycles. The summed E-state index contributed by atoms with van der Waals surface area (Å²) in [6.07, 6.45) is 0.947. The van der Waals surface area contributed by atoms with Gasteiger partial charge in [-0.2, -0.15) is 0 Å². The summed E-state index contributed by atoms with van der Waals surface area (Å²) in [4.78, 5) is 4.23. The normalized spacial score (nSPS) is 13.5. The van der Waals surface area contributed by atoms with Crippen LogP contribution in [0.3, 0.4) is 0 Å². The van der Waals surface area contributed by atoms with E-state index in [2.05, 4.69) is 45.4 Å². The van der Waals surface area contributed by atoms with Crippen molar-refractivity contribution in [1.82, 2.24) is 10.6 Å². The number of nitrogens with zero attached hydrogens (tertiary/aromatic N) is 1. The van der Waals surface area contributed by atoms with Crippen LogP contribution in [0.5, 0.6) is 11.5 Å². The highest BCUT2D eigenvalue weighted by Gasteiger charge is 2.17. The molecule has 0 unspecified atom stereocenters. The van der Waals surface area contributed by atoms with Gasteiger partial charge in [0.2, 0.25) is 6.79 Å². The Balaban J connectivity index is 1.71. The molecule has 1 aliphatic heterocycles. The van der Waals surface area contributed by atoms with Crippen molar-refractivity contribution >= 4 is 21.9 Å². The van der Waals surface area contributed by atoms with Crippen LogP contribution < -0.4 is 20.1 Å². The predicted octanol–water partition coefficient (Wildman–Crippen LogP) is 2.91. The van der Waals surface area contributed by atoms with Crippen LogP contribution in [0.25, 0.3) is 0 Å². The van der Waals surface area contributed by atoms with Crippen molar-refractivity contribution in [1.29, 1.82) is 0 Å². The molecule has 1 aliphatic rings. The van der Waals surface area contributed by atoms with Crippen LogP contribution in [-0.4, -0.2) is 39.6 Å². The van der Waals surface area contributed by atoms with Gasteiger partial charge in [0.1, 0.15) is 0 Å². The fraction of sp³-hybridized carbons (Fsp3) is 0.588. The molecule has 2 rings (SSSR count). The molecule has 0 saturated heterocycles. The molecule has 0 bridgehead atoms. The first-order valence-electron chi connectivity index (χ1n) is 8.20. The van der Waals surface area contributed by atoms with E-state index >= 15 is 0 Å². The minimum Gasteiger partial charge on any atom is -0.454 e. The lowest BCUT2D eigenvalue weighted by atomic mass is 10.2. The van der Waals surface area contributed by atoms with Gasteiger partial charge in [-0.1, -0.05) is 13.8 Å². The number of guanidine groups is 1. The second kappa shape index (κ2) is 9.74. The Kier molecular flexibility index (Phi) is 7.65. The second-order valence-corrected chi connectivity index (χ2v) is 6.84. The third kappa shape index (κ3) is 5.87. The molecule has 24 heavy (non-hydrogen) atoms. The Bertz CT molecular complexity index is 564. The smallest absolute Gasteiger partial charge is 0.231 e. The minimum absolute atomic E-state index is 0.271. The van der Waals surface area contributed by atoms with Crippen molar-refractivity contribution in [2.24, 2.45) is 10.9 Å². The maximum atomic E-state index is 5.56. The number of hydrogen-bond acceptors (Lipinski definition) is 4. The Labute approximate surface area is 152 Å². The molecular weight excluding hydrogens is 374 g/mol. The highest BCUT2D eigenvalue weighted by atomic mass is 79.9. The summed E-state index contributed by atoms with van der Waals surface area (Å²) in [6.45, 7) is 7.62. The summed E-state index contributed by atoms with van der Waals surface area (Å²) in [6, 6.07) is 4.00. The number of nitrogens with one attached hydrogen (secondary N) is 2. The zero-order valence-electron chi connectivity index (χ0n) is 14.5. The largest absolute Gasteiger partial charge is 0.454 e. The molecule has 7 heteroatoms. The van der Waals surface area contributed by atoms with Crippen molar-refractivity contribution in [2.75, 3.05) is 33.6 Å². The standard InChI is InChI=1S/C17H26BrN3O3/c1-12(2)10-22-6-4-5-20-17(19-3)21-9-13-7-14(18)16-15(8-13)23-11-24-16/h7-8,12H,4-6,9-11H2,1-3H3,(H2,19,20,21). The lowest BCUT2D eigenvalue weighted by Crippen LogP contribution is -2.37. The van der Waals surface area contributed by atoms with E-state index in [1.165, 1.54) is 0 Å². The van der Waals surface area contributed by atoms with E-state index in [1.54, 1.807) is 7.05 Å². The van der Waals surface area contributed by atoms with Crippen molar-refractivity contribution in [3.63, 3.8) is 0 Å². The molecular formula is C17H26BrN3O3. The quantitative estimate of drug-likeness (QED) is 0.399. The van der Waals surface area contributed by atoms with E-state index in [-0.39, 0.29) is 6.79 Å². The Morgan fingerprint density at radius 1 is 1.33 bits per heavy atom. The SMILES string of the molecule is CN=C(NCCCOCC(C)C)NCc1cc(Br)c2c(c1)OCO2. The molecule has 0 fully saturated rings. The highest BCUT2D eigenvalue weighted by Crippen LogP contribution is 2.39. The number of aliphatic imine (C=N–C) groups is 1. The summed E-state index contributed by atoms with van der Waals surface area (Å²) >= 11 is 3.51. The third-order valence-corrected chi connectivity index (χ3v) is 3.97. The molecule has 1 heterocycles. The Hall–Kier alpha value is -1.47. The molecule has 6 nitrogen and oxygen atoms in total. The summed E-state index contributed by atoms with van der Waals surface area (Å²) in [7, 11) is 1.76. The van der Waals surface area contributed by atoms with Gasteiger partial charge in [-0.15, -0.1) is 0 Å². The van der Waals surface area contributed by atoms with Crippen molar-refractivity contribution in [3.8, 4) is 11.5 Å². The average molecular weight is 400 g/mol. The van der Waals surface area contributed by atoms with Crippen LogP contribution in [0.2, 0.25) is 0 Å². The first-order chi connectivity index (χ1) is 11.6. The fourth-order valence-electron chi connectivity index (χ4n) is 2.23. The second-order valence-electron chi connectivity index (χ2n) is 5.99. The molecule has 134 valence electrons. The predicted molar refractivity (Wildman–Crippen MR) is 98.7 cm³/mol. The van der Waals surface area contributed by atoms with Gasteiger partial charge in [-0.3, -0.25) is 4.99 Å². The zero-order valence-corrected chi connectivity index (χ0v) is 16.1. The molecule has 0 spiro atoms. The van der Waals surface area contributed by atoms with E-state index in [0.29, 0.717) is 12.5 Å². The van der Waals surface area contributed by atoms with Gasteiger partial charge in [-0.05, 0) is 46.0 Å². The van der Waals surface area contributed by atoms with Crippen molar-refractivity contribution in [3.05, 3.63) is 22.2 Å². The Morgan fingerprint density at radius 3 is 2.92 bits per heavy atom. The Morgan fingerprint density at radius 2 is 2.17 bits per heavy atom. The first-order valence-corrected chi connectivity index (χ1v) is 8.99. The molecule has 1 aromatic rings. The van der Waals surface area contributed by atoms with E-state index in [4.69, 9.17) is 14.2 Å². The van der Waals surface area contributed by atoms with Crippen LogP contribution >= 0.6 is 15.9 Å². The summed E-state index contributed by atoms with van der Waals surface area (Å²) < 4.78 is 17.3. The first kappa shape index (κ1) is 18.9. The van der Waals surface area contributed by atoms with E-state index < -0.39 is 0 Å². The topological polar surface area (TPSA) is 64.1 Å². The monoisotopic (exact) mass is 399 g/mol. The van der Waals surface area contributed by atoms with Crippen molar-refractivity contribution < 1.29 is 14.2 Å². The van der Waals surface area contributed by atoms with Gasteiger partial charge in [-0.25, -0.2) is 0 Å². The lowest BCUT2D eigenvalue weighted by molar-refractivity contribution is 0.108. The fourth-order valence-corrected chi connectivity index (χ4v) is 2.83. The molecule has 0 atom stereocenters. The van der Waals surface area contributed by atoms with Crippen LogP contribution in [0.4, 0.5) is 0 Å². The highest BCUT2D eigenvalue weighted by molar-refractivity contribution is 9.10. The zero-order chi connectivity index (χ0) is 17.4. The minimum atomic E-state index is 0.271. The van der Waals surface area contributed by atoms with Crippen molar-refractivity contribution in [2.45, 2.75) is 26.8 Å². The van der Waals surface area contributed by atoms with Gasteiger partial charge in [0.15, 0.2) is 17.5 Å². The van der Waals surface area contributed by atoms with Crippen LogP contribution in [0.15, 0.2) is 21.6 Å². The number of hydrogen-bond donors (Lipinski definition) is 2. The van der Waals surface area contributed by atoms with Gasteiger partial charge >= 0.3 is 0 Å². The summed E-state index contributed by atoms with van der Waals surface area (Å²) in [5.74, 6) is 2.88. The van der Waals surface area contributed by atoms with Gasteiger partial charge in [0, 0.05) is 33.4 Å². The average Bonchev–Trinajstić information content (AvgIpc) is 3.02. The van der Waals surface area contributed by atoms with Gasteiger partial charge in [0.25, 0.3) is 0 Å². The molecule has 0 aliphatic carbocycles. The lowest BCUT2D eigenvalue weighted by Gasteiger charge is -2.13. The van der Waals surface area contributed by atoms with E-state index in [9.17, 15) is 0 Å². The number of ether oxygens (including phenoxy) is 3.